The molecule has 180 valence electrons. The first-order chi connectivity index (χ1) is 15.6. The predicted molar refractivity (Wildman–Crippen MR) is 131 cm³/mol. The third-order valence-electron chi connectivity index (χ3n) is 6.18. The summed E-state index contributed by atoms with van der Waals surface area (Å²) >= 11 is 0. The fourth-order valence-electron chi connectivity index (χ4n) is 4.38. The summed E-state index contributed by atoms with van der Waals surface area (Å²) in [6.07, 6.45) is 9.38. The summed E-state index contributed by atoms with van der Waals surface area (Å²) in [5, 5.41) is 3.39. The molecule has 3 aromatic rings. The second-order valence-electron chi connectivity index (χ2n) is 8.28. The van der Waals surface area contributed by atoms with Crippen molar-refractivity contribution < 1.29 is 13.9 Å². The van der Waals surface area contributed by atoms with Crippen LogP contribution in [0.3, 0.4) is 0 Å². The number of pyridine rings is 2. The summed E-state index contributed by atoms with van der Waals surface area (Å²) in [6.45, 7) is 1.15. The van der Waals surface area contributed by atoms with E-state index in [1.807, 2.05) is 12.1 Å². The Labute approximate surface area is 209 Å². The molecule has 0 atom stereocenters. The molecule has 0 bridgehead atoms. The molecule has 1 N–H and O–H groups in total. The highest BCUT2D eigenvalue weighted by atomic mass is 35.5. The average molecular weight is 507 g/mol. The summed E-state index contributed by atoms with van der Waals surface area (Å²) in [6, 6.07) is 8.83. The second kappa shape index (κ2) is 10.9. The van der Waals surface area contributed by atoms with Gasteiger partial charge in [0.05, 0.1) is 6.54 Å². The lowest BCUT2D eigenvalue weighted by atomic mass is 9.78. The van der Waals surface area contributed by atoms with Gasteiger partial charge < -0.3 is 10.1 Å². The molecule has 0 radical (unpaired) electrons. The van der Waals surface area contributed by atoms with Crippen molar-refractivity contribution >= 4 is 42.4 Å². The zero-order valence-electron chi connectivity index (χ0n) is 18.3. The number of halogens is 3. The molecule has 11 heteroatoms. The van der Waals surface area contributed by atoms with E-state index < -0.39 is 17.6 Å². The Kier molecular flexibility index (Phi) is 8.22. The molecule has 4 heterocycles. The lowest BCUT2D eigenvalue weighted by Gasteiger charge is -2.35. The summed E-state index contributed by atoms with van der Waals surface area (Å²) in [5.74, 6) is 1.24. The minimum Gasteiger partial charge on any atom is -0.441 e. The average Bonchev–Trinajstić information content (AvgIpc) is 3.15. The molecule has 0 aromatic carbocycles. The van der Waals surface area contributed by atoms with Crippen molar-refractivity contribution in [3.05, 3.63) is 61.1 Å². The van der Waals surface area contributed by atoms with Gasteiger partial charge in [0.15, 0.2) is 5.82 Å². The lowest BCUT2D eigenvalue weighted by Crippen LogP contribution is -2.39. The van der Waals surface area contributed by atoms with Gasteiger partial charge in [-0.25, -0.2) is 24.7 Å². The molecule has 34 heavy (non-hydrogen) atoms. The van der Waals surface area contributed by atoms with Crippen molar-refractivity contribution in [3.8, 4) is 11.4 Å². The first kappa shape index (κ1) is 25.6. The standard InChI is InChI=1S/C23H23FN6O2.2ClH/c24-20-18(3-1-10-25-20)30-15-23(32-22(30)31)8-6-16(7-9-23)13-28-19-5-4-17(14-29-19)21-26-11-2-12-27-21;;/h1-5,10-12,14,16H,6-9,13,15H2,(H,28,29);2*1H/t16-,23-;;. The molecule has 3 aromatic heterocycles. The molecule has 5 rings (SSSR count). The number of aromatic nitrogens is 4. The molecule has 1 amide bonds. The molecule has 1 aliphatic heterocycles. The van der Waals surface area contributed by atoms with Crippen LogP contribution in [0.5, 0.6) is 0 Å². The van der Waals surface area contributed by atoms with Gasteiger partial charge in [0, 0.05) is 36.9 Å². The highest BCUT2D eigenvalue weighted by Crippen LogP contribution is 2.41. The van der Waals surface area contributed by atoms with Gasteiger partial charge >= 0.3 is 6.09 Å². The van der Waals surface area contributed by atoms with Gasteiger partial charge in [-0.05, 0) is 61.9 Å². The SMILES string of the molecule is Cl.Cl.O=C1O[C@]2(CC[C@H](CNc3ccc(-c4ncccn4)cn3)CC2)CN1c1cccnc1F. The second-order valence-corrected chi connectivity index (χ2v) is 8.28. The zero-order chi connectivity index (χ0) is 22.0. The van der Waals surface area contributed by atoms with E-state index in [1.165, 1.54) is 11.1 Å². The molecule has 1 aliphatic carbocycles. The first-order valence-corrected chi connectivity index (χ1v) is 10.7. The lowest BCUT2D eigenvalue weighted by molar-refractivity contribution is 0.0148. The summed E-state index contributed by atoms with van der Waals surface area (Å²) in [7, 11) is 0. The van der Waals surface area contributed by atoms with Gasteiger partial charge in [-0.2, -0.15) is 4.39 Å². The quantitative estimate of drug-likeness (QED) is 0.491. The van der Waals surface area contributed by atoms with Gasteiger partial charge in [0.2, 0.25) is 5.95 Å². The van der Waals surface area contributed by atoms with Gasteiger partial charge in [0.25, 0.3) is 0 Å². The van der Waals surface area contributed by atoms with Gasteiger partial charge in [-0.3, -0.25) is 4.90 Å². The number of hydrogen-bond acceptors (Lipinski definition) is 7. The molecule has 1 saturated heterocycles. The molecule has 2 aliphatic rings. The Bertz CT molecular complexity index is 1100. The largest absolute Gasteiger partial charge is 0.441 e. The van der Waals surface area contributed by atoms with E-state index in [4.69, 9.17) is 4.74 Å². The highest BCUT2D eigenvalue weighted by molar-refractivity contribution is 5.90. The third-order valence-corrected chi connectivity index (χ3v) is 6.18. The summed E-state index contributed by atoms with van der Waals surface area (Å²) < 4.78 is 19.8. The number of nitrogens with one attached hydrogen (secondary N) is 1. The number of rotatable bonds is 5. The Morgan fingerprint density at radius 2 is 1.76 bits per heavy atom. The maximum absolute atomic E-state index is 14.0. The van der Waals surface area contributed by atoms with Crippen LogP contribution >= 0.6 is 24.8 Å². The van der Waals surface area contributed by atoms with Crippen LogP contribution in [0.2, 0.25) is 0 Å². The molecule has 0 unspecified atom stereocenters. The molecule has 2 fully saturated rings. The Morgan fingerprint density at radius 3 is 2.44 bits per heavy atom. The normalized spacial score (nSPS) is 21.4. The van der Waals surface area contributed by atoms with Crippen LogP contribution in [0, 0.1) is 11.9 Å². The minimum absolute atomic E-state index is 0. The highest BCUT2D eigenvalue weighted by Gasteiger charge is 2.48. The van der Waals surface area contributed by atoms with Crippen molar-refractivity contribution in [2.45, 2.75) is 31.3 Å². The fraction of sp³-hybridized carbons (Fsp3) is 0.348. The van der Waals surface area contributed by atoms with E-state index in [-0.39, 0.29) is 30.5 Å². The van der Waals surface area contributed by atoms with Crippen molar-refractivity contribution in [2.75, 3.05) is 23.3 Å². The smallest absolute Gasteiger partial charge is 0.415 e. The minimum atomic E-state index is -0.656. The first-order valence-electron chi connectivity index (χ1n) is 10.7. The van der Waals surface area contributed by atoms with E-state index in [1.54, 1.807) is 36.8 Å². The van der Waals surface area contributed by atoms with Crippen LogP contribution < -0.4 is 10.2 Å². The Morgan fingerprint density at radius 1 is 1.03 bits per heavy atom. The van der Waals surface area contributed by atoms with Crippen LogP contribution in [0.1, 0.15) is 25.7 Å². The number of anilines is 2. The summed E-state index contributed by atoms with van der Waals surface area (Å²) in [4.78, 5) is 30.3. The Balaban J connectivity index is 0.00000162. The van der Waals surface area contributed by atoms with Crippen LogP contribution in [-0.4, -0.2) is 44.7 Å². The van der Waals surface area contributed by atoms with E-state index in [0.29, 0.717) is 18.3 Å². The maximum Gasteiger partial charge on any atom is 0.415 e. The van der Waals surface area contributed by atoms with Gasteiger partial charge in [-0.15, -0.1) is 24.8 Å². The number of carbonyl (C=O) groups is 1. The predicted octanol–water partition coefficient (Wildman–Crippen LogP) is 4.91. The number of hydrogen-bond donors (Lipinski definition) is 1. The van der Waals surface area contributed by atoms with Crippen molar-refractivity contribution in [2.24, 2.45) is 5.92 Å². The van der Waals surface area contributed by atoms with E-state index in [9.17, 15) is 9.18 Å². The van der Waals surface area contributed by atoms with Crippen molar-refractivity contribution in [1.29, 1.82) is 0 Å². The topological polar surface area (TPSA) is 93.1 Å². The monoisotopic (exact) mass is 506 g/mol. The zero-order valence-corrected chi connectivity index (χ0v) is 19.9. The molecule has 8 nitrogen and oxygen atoms in total. The number of carbonyl (C=O) groups excluding carboxylic acids is 1. The molecule has 1 spiro atoms. The maximum atomic E-state index is 14.0. The number of nitrogens with zero attached hydrogens (tertiary/aromatic N) is 5. The van der Waals surface area contributed by atoms with Gasteiger partial charge in [-0.1, -0.05) is 0 Å². The van der Waals surface area contributed by atoms with Crippen molar-refractivity contribution in [3.63, 3.8) is 0 Å². The molecular formula is C23H25Cl2FN6O2. The molecule has 1 saturated carbocycles. The number of amides is 1. The summed E-state index contributed by atoms with van der Waals surface area (Å²) in [5.41, 5.74) is 0.493. The third kappa shape index (κ3) is 5.37. The van der Waals surface area contributed by atoms with E-state index in [2.05, 4.69) is 25.3 Å². The van der Waals surface area contributed by atoms with Crippen LogP contribution in [-0.2, 0) is 4.74 Å². The van der Waals surface area contributed by atoms with Gasteiger partial charge in [0.1, 0.15) is 17.1 Å². The van der Waals surface area contributed by atoms with Crippen LogP contribution in [0.4, 0.5) is 20.7 Å². The van der Waals surface area contributed by atoms with Crippen LogP contribution in [0.25, 0.3) is 11.4 Å². The number of ether oxygens (including phenoxy) is 1. The molecular weight excluding hydrogens is 482 g/mol. The van der Waals surface area contributed by atoms with E-state index in [0.717, 1.165) is 43.6 Å². The Hall–Kier alpha value is -3.04. The van der Waals surface area contributed by atoms with E-state index >= 15 is 0 Å². The van der Waals surface area contributed by atoms with Crippen molar-refractivity contribution in [1.82, 2.24) is 19.9 Å². The van der Waals surface area contributed by atoms with Crippen LogP contribution in [0.15, 0.2) is 55.1 Å². The fourth-order valence-corrected chi connectivity index (χ4v) is 4.38.